The molecule has 0 saturated carbocycles. The number of ether oxygens (including phenoxy) is 1. The summed E-state index contributed by atoms with van der Waals surface area (Å²) in [5.41, 5.74) is 2.38. The molecule has 0 spiro atoms. The van der Waals surface area contributed by atoms with Gasteiger partial charge in [-0.25, -0.2) is 9.18 Å². The highest BCUT2D eigenvalue weighted by Gasteiger charge is 2.38. The Morgan fingerprint density at radius 1 is 1.59 bits per heavy atom. The van der Waals surface area contributed by atoms with Crippen LogP contribution in [0.5, 0.6) is 0 Å². The van der Waals surface area contributed by atoms with Crippen LogP contribution in [-0.4, -0.2) is 17.6 Å². The van der Waals surface area contributed by atoms with Crippen molar-refractivity contribution in [2.24, 2.45) is 0 Å². The lowest BCUT2D eigenvalue weighted by atomic mass is 9.72. The number of fused-ring (bicyclic) bond motifs is 1. The van der Waals surface area contributed by atoms with E-state index in [4.69, 9.17) is 4.74 Å². The molecule has 4 heteroatoms. The number of nitrogens with one attached hydrogen (secondary N) is 1. The van der Waals surface area contributed by atoms with Gasteiger partial charge in [-0.3, -0.25) is 0 Å². The SMILES string of the molecule is CCOC(=O)c1[nH]cc2c1C1C=C(F)C2CC1. The first kappa shape index (κ1) is 10.6. The van der Waals surface area contributed by atoms with Crippen LogP contribution in [0, 0.1) is 0 Å². The number of hydrogen-bond acceptors (Lipinski definition) is 2. The second kappa shape index (κ2) is 3.72. The van der Waals surface area contributed by atoms with Crippen molar-refractivity contribution in [3.63, 3.8) is 0 Å². The van der Waals surface area contributed by atoms with Gasteiger partial charge in [0.15, 0.2) is 0 Å². The van der Waals surface area contributed by atoms with Crippen molar-refractivity contribution in [2.45, 2.75) is 31.6 Å². The Bertz CT molecular complexity index is 504. The summed E-state index contributed by atoms with van der Waals surface area (Å²) in [5.74, 6) is -0.520. The van der Waals surface area contributed by atoms with Crippen molar-refractivity contribution in [3.05, 3.63) is 34.9 Å². The normalized spacial score (nSPS) is 25.4. The van der Waals surface area contributed by atoms with E-state index in [1.807, 2.05) is 0 Å². The molecule has 90 valence electrons. The highest BCUT2D eigenvalue weighted by atomic mass is 19.1. The molecule has 0 radical (unpaired) electrons. The van der Waals surface area contributed by atoms with Crippen molar-refractivity contribution < 1.29 is 13.9 Å². The number of rotatable bonds is 2. The fraction of sp³-hybridized carbons (Fsp3) is 0.462. The summed E-state index contributed by atoms with van der Waals surface area (Å²) in [5, 5.41) is 0. The van der Waals surface area contributed by atoms with Gasteiger partial charge >= 0.3 is 5.97 Å². The van der Waals surface area contributed by atoms with Crippen molar-refractivity contribution in [1.29, 1.82) is 0 Å². The summed E-state index contributed by atoms with van der Waals surface area (Å²) in [6.07, 6.45) is 5.15. The van der Waals surface area contributed by atoms with E-state index in [9.17, 15) is 9.18 Å². The van der Waals surface area contributed by atoms with Crippen LogP contribution in [0.1, 0.15) is 53.2 Å². The molecule has 3 aliphatic carbocycles. The van der Waals surface area contributed by atoms with Crippen LogP contribution in [0.3, 0.4) is 0 Å². The molecule has 1 heterocycles. The molecule has 0 aliphatic heterocycles. The molecule has 0 aromatic carbocycles. The predicted octanol–water partition coefficient (Wildman–Crippen LogP) is 3.02. The lowest BCUT2D eigenvalue weighted by Crippen LogP contribution is -2.20. The van der Waals surface area contributed by atoms with Gasteiger partial charge in [0.1, 0.15) is 11.5 Å². The van der Waals surface area contributed by atoms with E-state index in [1.165, 1.54) is 0 Å². The van der Waals surface area contributed by atoms with Crippen molar-refractivity contribution >= 4 is 5.97 Å². The lowest BCUT2D eigenvalue weighted by molar-refractivity contribution is 0.0518. The molecule has 0 saturated heterocycles. The second-order valence-corrected chi connectivity index (χ2v) is 4.54. The summed E-state index contributed by atoms with van der Waals surface area (Å²) >= 11 is 0. The number of H-pyrrole nitrogens is 1. The van der Waals surface area contributed by atoms with E-state index in [2.05, 4.69) is 4.98 Å². The maximum absolute atomic E-state index is 13.6. The van der Waals surface area contributed by atoms with Crippen molar-refractivity contribution in [3.8, 4) is 0 Å². The molecule has 0 amide bonds. The minimum Gasteiger partial charge on any atom is -0.461 e. The first-order valence-corrected chi connectivity index (χ1v) is 5.97. The number of hydrogen-bond donors (Lipinski definition) is 1. The van der Waals surface area contributed by atoms with Gasteiger partial charge in [-0.15, -0.1) is 0 Å². The van der Waals surface area contributed by atoms with Crippen molar-refractivity contribution in [2.75, 3.05) is 6.61 Å². The van der Waals surface area contributed by atoms with E-state index in [1.54, 1.807) is 19.2 Å². The average molecular weight is 235 g/mol. The maximum Gasteiger partial charge on any atom is 0.355 e. The third kappa shape index (κ3) is 1.43. The summed E-state index contributed by atoms with van der Waals surface area (Å²) in [7, 11) is 0. The number of carbonyl (C=O) groups is 1. The van der Waals surface area contributed by atoms with Crippen LogP contribution in [0.15, 0.2) is 18.1 Å². The zero-order valence-electron chi connectivity index (χ0n) is 9.63. The number of esters is 1. The van der Waals surface area contributed by atoms with Gasteiger partial charge in [-0.05, 0) is 37.0 Å². The summed E-state index contributed by atoms with van der Waals surface area (Å²) < 4.78 is 18.6. The minimum absolute atomic E-state index is 0.0284. The monoisotopic (exact) mass is 235 g/mol. The van der Waals surface area contributed by atoms with Gasteiger partial charge in [0.25, 0.3) is 0 Å². The van der Waals surface area contributed by atoms with Gasteiger partial charge in [0.2, 0.25) is 0 Å². The Hall–Kier alpha value is -1.58. The highest BCUT2D eigenvalue weighted by Crippen LogP contribution is 2.50. The fourth-order valence-corrected chi connectivity index (χ4v) is 2.92. The molecule has 3 aliphatic rings. The average Bonchev–Trinajstić information content (AvgIpc) is 2.75. The first-order chi connectivity index (χ1) is 8.22. The maximum atomic E-state index is 13.6. The van der Waals surface area contributed by atoms with Gasteiger partial charge in [-0.2, -0.15) is 0 Å². The Kier molecular flexibility index (Phi) is 2.31. The van der Waals surface area contributed by atoms with E-state index in [-0.39, 0.29) is 23.6 Å². The lowest BCUT2D eigenvalue weighted by Gasteiger charge is -2.32. The topological polar surface area (TPSA) is 42.1 Å². The Morgan fingerprint density at radius 3 is 3.12 bits per heavy atom. The molecule has 1 aromatic heterocycles. The molecule has 1 N–H and O–H groups in total. The van der Waals surface area contributed by atoms with Crippen LogP contribution in [0.4, 0.5) is 4.39 Å². The second-order valence-electron chi connectivity index (χ2n) is 4.54. The Morgan fingerprint density at radius 2 is 2.41 bits per heavy atom. The van der Waals surface area contributed by atoms with Crippen LogP contribution < -0.4 is 0 Å². The van der Waals surface area contributed by atoms with Gasteiger partial charge in [0, 0.05) is 18.0 Å². The van der Waals surface area contributed by atoms with Crippen LogP contribution in [0.25, 0.3) is 0 Å². The molecule has 0 fully saturated rings. The quantitative estimate of drug-likeness (QED) is 0.800. The fourth-order valence-electron chi connectivity index (χ4n) is 2.92. The van der Waals surface area contributed by atoms with E-state index in [0.717, 1.165) is 24.0 Å². The van der Waals surface area contributed by atoms with E-state index in [0.29, 0.717) is 12.3 Å². The molecular weight excluding hydrogens is 221 g/mol. The number of aromatic amines is 1. The number of halogens is 1. The van der Waals surface area contributed by atoms with Crippen molar-refractivity contribution in [1.82, 2.24) is 4.98 Å². The number of allylic oxidation sites excluding steroid dienone is 2. The molecular formula is C13H14FNO2. The van der Waals surface area contributed by atoms with Gasteiger partial charge < -0.3 is 9.72 Å². The summed E-state index contributed by atoms with van der Waals surface area (Å²) in [4.78, 5) is 14.7. The smallest absolute Gasteiger partial charge is 0.355 e. The zero-order valence-corrected chi connectivity index (χ0v) is 9.63. The molecule has 1 aromatic rings. The van der Waals surface area contributed by atoms with Gasteiger partial charge in [-0.1, -0.05) is 0 Å². The minimum atomic E-state index is -0.338. The Balaban J connectivity index is 2.04. The highest BCUT2D eigenvalue weighted by molar-refractivity contribution is 5.90. The van der Waals surface area contributed by atoms with E-state index < -0.39 is 0 Å². The predicted molar refractivity (Wildman–Crippen MR) is 60.7 cm³/mol. The van der Waals surface area contributed by atoms with E-state index >= 15 is 0 Å². The number of aromatic nitrogens is 1. The number of carbonyl (C=O) groups excluding carboxylic acids is 1. The largest absolute Gasteiger partial charge is 0.461 e. The zero-order chi connectivity index (χ0) is 12.0. The summed E-state index contributed by atoms with van der Waals surface area (Å²) in [6.45, 7) is 2.13. The first-order valence-electron chi connectivity index (χ1n) is 5.97. The Labute approximate surface area is 98.7 Å². The molecule has 2 bridgehead atoms. The summed E-state index contributed by atoms with van der Waals surface area (Å²) in [6, 6.07) is 0. The van der Waals surface area contributed by atoms with Gasteiger partial charge in [0.05, 0.1) is 6.61 Å². The third-order valence-electron chi connectivity index (χ3n) is 3.64. The molecule has 2 unspecified atom stereocenters. The molecule has 3 nitrogen and oxygen atoms in total. The molecule has 17 heavy (non-hydrogen) atoms. The molecule has 2 atom stereocenters. The van der Waals surface area contributed by atoms with Crippen LogP contribution >= 0.6 is 0 Å². The molecule has 4 rings (SSSR count). The van der Waals surface area contributed by atoms with Crippen LogP contribution in [0.2, 0.25) is 0 Å². The third-order valence-corrected chi connectivity index (χ3v) is 3.64. The standard InChI is InChI=1S/C13H14FNO2/c1-2-17-13(16)12-11-7-3-4-8(10(14)5-7)9(11)6-15-12/h5-8,15H,2-4H2,1H3. The van der Waals surface area contributed by atoms with Crippen LogP contribution in [-0.2, 0) is 4.74 Å².